The highest BCUT2D eigenvalue weighted by Gasteiger charge is 2.44. The fourth-order valence-corrected chi connectivity index (χ4v) is 5.69. The second-order valence-electron chi connectivity index (χ2n) is 9.10. The molecule has 35 heavy (non-hydrogen) atoms. The van der Waals surface area contributed by atoms with Gasteiger partial charge >= 0.3 is 5.97 Å². The van der Waals surface area contributed by atoms with Gasteiger partial charge in [0.1, 0.15) is 6.04 Å². The summed E-state index contributed by atoms with van der Waals surface area (Å²) in [6.45, 7) is 0. The van der Waals surface area contributed by atoms with Gasteiger partial charge in [-0.1, -0.05) is 35.3 Å². The van der Waals surface area contributed by atoms with Crippen molar-refractivity contribution in [1.29, 1.82) is 0 Å². The lowest BCUT2D eigenvalue weighted by Crippen LogP contribution is -2.61. The number of methoxy groups -OCH3 is 1. The molecule has 2 saturated heterocycles. The first-order valence-electron chi connectivity index (χ1n) is 11.6. The molecule has 0 spiro atoms. The molecule has 2 aromatic rings. The van der Waals surface area contributed by atoms with E-state index in [2.05, 4.69) is 20.5 Å². The van der Waals surface area contributed by atoms with Gasteiger partial charge in [0.15, 0.2) is 0 Å². The highest BCUT2D eigenvalue weighted by molar-refractivity contribution is 6.40. The third-order valence-corrected chi connectivity index (χ3v) is 7.58. The summed E-state index contributed by atoms with van der Waals surface area (Å²) in [5.74, 6) is -0.775. The Labute approximate surface area is 214 Å². The lowest BCUT2D eigenvalue weighted by Gasteiger charge is -2.49. The van der Waals surface area contributed by atoms with Gasteiger partial charge in [-0.15, -0.1) is 0 Å². The number of carbonyl (C=O) groups excluding carboxylic acids is 3. The Morgan fingerprint density at radius 1 is 1.09 bits per heavy atom. The molecule has 2 aliphatic heterocycles. The average molecular weight is 519 g/mol. The molecule has 186 valence electrons. The number of nitrogens with zero attached hydrogens (tertiary/aromatic N) is 2. The summed E-state index contributed by atoms with van der Waals surface area (Å²) in [5.41, 5.74) is 1.47. The molecule has 10 heteroatoms. The number of benzene rings is 1. The SMILES string of the molecule is COC(=O)C(Cc1ccc(NC(=O)c2c(Cl)cncc2Cl)cc1)NC(=O)C1C2CCC(CC2)N1C. The van der Waals surface area contributed by atoms with Crippen molar-refractivity contribution in [2.45, 2.75) is 50.2 Å². The quantitative estimate of drug-likeness (QED) is 0.541. The number of aromatic nitrogens is 1. The summed E-state index contributed by atoms with van der Waals surface area (Å²) in [5, 5.41) is 5.97. The van der Waals surface area contributed by atoms with Crippen LogP contribution in [0.4, 0.5) is 5.69 Å². The number of fused-ring (bicyclic) bond motifs is 3. The van der Waals surface area contributed by atoms with Gasteiger partial charge in [-0.3, -0.25) is 19.5 Å². The number of amides is 2. The Hall–Kier alpha value is -2.68. The van der Waals surface area contributed by atoms with Crippen molar-refractivity contribution in [2.24, 2.45) is 5.92 Å². The Balaban J connectivity index is 1.41. The monoisotopic (exact) mass is 518 g/mol. The highest BCUT2D eigenvalue weighted by atomic mass is 35.5. The van der Waals surface area contributed by atoms with Crippen molar-refractivity contribution >= 4 is 46.7 Å². The van der Waals surface area contributed by atoms with E-state index < -0.39 is 17.9 Å². The minimum Gasteiger partial charge on any atom is -0.467 e. The molecule has 0 radical (unpaired) electrons. The standard InChI is InChI=1S/C25H28Cl2N4O4/c1-31-17-9-5-15(6-10-17)22(31)24(33)30-20(25(34)35-2)11-14-3-7-16(8-4-14)29-23(32)21-18(26)12-28-13-19(21)27/h3-4,7-8,12-13,15,17,20,22H,5-6,9-11H2,1-2H3,(H,29,32)(H,30,33). The van der Waals surface area contributed by atoms with E-state index in [0.29, 0.717) is 17.6 Å². The van der Waals surface area contributed by atoms with Gasteiger partial charge < -0.3 is 15.4 Å². The lowest BCUT2D eigenvalue weighted by atomic mass is 9.74. The number of hydrogen-bond donors (Lipinski definition) is 2. The predicted octanol–water partition coefficient (Wildman–Crippen LogP) is 3.71. The van der Waals surface area contributed by atoms with Crippen molar-refractivity contribution in [3.05, 3.63) is 57.8 Å². The van der Waals surface area contributed by atoms with Gasteiger partial charge in [0.05, 0.1) is 28.8 Å². The molecule has 3 aliphatic rings. The van der Waals surface area contributed by atoms with Crippen LogP contribution in [-0.4, -0.2) is 60.0 Å². The first-order valence-corrected chi connectivity index (χ1v) is 12.3. The molecule has 2 atom stereocenters. The molecule has 2 amide bonds. The smallest absolute Gasteiger partial charge is 0.328 e. The number of piperidine rings is 2. The number of halogens is 2. The van der Waals surface area contributed by atoms with E-state index in [1.807, 2.05) is 7.05 Å². The van der Waals surface area contributed by atoms with Crippen LogP contribution in [0, 0.1) is 5.92 Å². The molecule has 3 fully saturated rings. The van der Waals surface area contributed by atoms with E-state index in [-0.39, 0.29) is 34.0 Å². The maximum absolute atomic E-state index is 13.2. The van der Waals surface area contributed by atoms with Crippen LogP contribution >= 0.6 is 23.2 Å². The largest absolute Gasteiger partial charge is 0.467 e. The van der Waals surface area contributed by atoms with Crippen LogP contribution in [-0.2, 0) is 20.7 Å². The van der Waals surface area contributed by atoms with Crippen molar-refractivity contribution in [3.8, 4) is 0 Å². The number of carbonyl (C=O) groups is 3. The maximum Gasteiger partial charge on any atom is 0.328 e. The summed E-state index contributed by atoms with van der Waals surface area (Å²) < 4.78 is 4.95. The second-order valence-corrected chi connectivity index (χ2v) is 9.91. The molecule has 1 aliphatic carbocycles. The number of likely N-dealkylation sites (N-methyl/N-ethyl adjacent to an activating group) is 1. The van der Waals surface area contributed by atoms with Crippen molar-refractivity contribution in [2.75, 3.05) is 19.5 Å². The first kappa shape index (κ1) is 25.4. The van der Waals surface area contributed by atoms with Gasteiger partial charge in [-0.25, -0.2) is 4.79 Å². The number of anilines is 1. The van der Waals surface area contributed by atoms with Crippen molar-refractivity contribution in [1.82, 2.24) is 15.2 Å². The Bertz CT molecular complexity index is 1080. The second kappa shape index (κ2) is 10.9. The van der Waals surface area contributed by atoms with Crippen LogP contribution in [0.3, 0.4) is 0 Å². The van der Waals surface area contributed by atoms with Crippen LogP contribution in [0.15, 0.2) is 36.7 Å². The third-order valence-electron chi connectivity index (χ3n) is 7.01. The van der Waals surface area contributed by atoms with Gasteiger partial charge in [-0.05, 0) is 56.3 Å². The molecule has 1 aromatic heterocycles. The van der Waals surface area contributed by atoms with E-state index in [9.17, 15) is 14.4 Å². The Morgan fingerprint density at radius 3 is 2.29 bits per heavy atom. The van der Waals surface area contributed by atoms with Crippen LogP contribution in [0.2, 0.25) is 10.0 Å². The number of esters is 1. The number of hydrogen-bond acceptors (Lipinski definition) is 6. The fourth-order valence-electron chi connectivity index (χ4n) is 5.16. The Kier molecular flexibility index (Phi) is 7.94. The Morgan fingerprint density at radius 2 is 1.71 bits per heavy atom. The summed E-state index contributed by atoms with van der Waals surface area (Å²) in [6, 6.07) is 6.37. The third kappa shape index (κ3) is 5.60. The highest BCUT2D eigenvalue weighted by Crippen LogP contribution is 2.38. The predicted molar refractivity (Wildman–Crippen MR) is 134 cm³/mol. The topological polar surface area (TPSA) is 101 Å². The first-order chi connectivity index (χ1) is 16.8. The summed E-state index contributed by atoms with van der Waals surface area (Å²) in [6.07, 6.45) is 7.28. The van der Waals surface area contributed by atoms with Crippen LogP contribution in [0.5, 0.6) is 0 Å². The number of ether oxygens (including phenoxy) is 1. The molecule has 2 unspecified atom stereocenters. The van der Waals surface area contributed by atoms with E-state index in [1.54, 1.807) is 24.3 Å². The number of rotatable bonds is 7. The van der Waals surface area contributed by atoms with Gasteiger partial charge in [0.25, 0.3) is 5.91 Å². The minimum absolute atomic E-state index is 0.132. The molecular weight excluding hydrogens is 491 g/mol. The molecule has 8 nitrogen and oxygen atoms in total. The van der Waals surface area contributed by atoms with Gasteiger partial charge in [0.2, 0.25) is 5.91 Å². The van der Waals surface area contributed by atoms with Gasteiger partial charge in [-0.2, -0.15) is 0 Å². The zero-order valence-electron chi connectivity index (χ0n) is 19.6. The lowest BCUT2D eigenvalue weighted by molar-refractivity contribution is -0.147. The normalized spacial score (nSPS) is 22.3. The molecule has 3 heterocycles. The zero-order chi connectivity index (χ0) is 25.1. The summed E-state index contributed by atoms with van der Waals surface area (Å²) in [7, 11) is 3.30. The summed E-state index contributed by atoms with van der Waals surface area (Å²) in [4.78, 5) is 44.2. The zero-order valence-corrected chi connectivity index (χ0v) is 21.1. The van der Waals surface area contributed by atoms with Crippen molar-refractivity contribution in [3.63, 3.8) is 0 Å². The molecule has 5 rings (SSSR count). The van der Waals surface area contributed by atoms with Crippen LogP contribution < -0.4 is 10.6 Å². The maximum atomic E-state index is 13.2. The fraction of sp³-hybridized carbons (Fsp3) is 0.440. The molecule has 1 aromatic carbocycles. The van der Waals surface area contributed by atoms with Crippen molar-refractivity contribution < 1.29 is 19.1 Å². The molecular formula is C25H28Cl2N4O4. The van der Waals surface area contributed by atoms with Crippen LogP contribution in [0.25, 0.3) is 0 Å². The van der Waals surface area contributed by atoms with E-state index in [1.165, 1.54) is 19.5 Å². The average Bonchev–Trinajstić information content (AvgIpc) is 2.84. The van der Waals surface area contributed by atoms with Crippen LogP contribution in [0.1, 0.15) is 41.6 Å². The molecule has 1 saturated carbocycles. The molecule has 2 bridgehead atoms. The van der Waals surface area contributed by atoms with E-state index in [0.717, 1.165) is 31.2 Å². The summed E-state index contributed by atoms with van der Waals surface area (Å²) >= 11 is 12.1. The number of nitrogens with one attached hydrogen (secondary N) is 2. The van der Waals surface area contributed by atoms with E-state index >= 15 is 0 Å². The van der Waals surface area contributed by atoms with Gasteiger partial charge in [0, 0.05) is 30.5 Å². The molecule has 2 N–H and O–H groups in total. The number of pyridine rings is 1. The minimum atomic E-state index is -0.809. The van der Waals surface area contributed by atoms with E-state index in [4.69, 9.17) is 27.9 Å².